The number of likely N-dealkylation sites (tertiary alicyclic amines) is 1. The van der Waals surface area contributed by atoms with Crippen molar-refractivity contribution in [3.05, 3.63) is 71.0 Å². The number of aryl methyl sites for hydroxylation is 3. The number of hydrogen-bond donors (Lipinski definition) is 3. The first-order valence-corrected chi connectivity index (χ1v) is 16.9. The van der Waals surface area contributed by atoms with Gasteiger partial charge in [-0.25, -0.2) is 4.57 Å². The molecule has 250 valence electrons. The van der Waals surface area contributed by atoms with Crippen LogP contribution in [0, 0.1) is 19.3 Å². The molecule has 0 radical (unpaired) electrons. The van der Waals surface area contributed by atoms with Gasteiger partial charge in [-0.05, 0) is 56.7 Å². The first kappa shape index (κ1) is 36.6. The second-order valence-corrected chi connectivity index (χ2v) is 12.8. The highest BCUT2D eigenvalue weighted by molar-refractivity contribution is 6.09. The van der Waals surface area contributed by atoms with E-state index in [1.807, 2.05) is 32.2 Å². The van der Waals surface area contributed by atoms with E-state index in [-0.39, 0.29) is 11.8 Å². The number of amides is 2. The van der Waals surface area contributed by atoms with E-state index >= 15 is 0 Å². The zero-order valence-electron chi connectivity index (χ0n) is 29.0. The van der Waals surface area contributed by atoms with Crippen LogP contribution in [0.15, 0.2) is 53.4 Å². The van der Waals surface area contributed by atoms with E-state index in [9.17, 15) is 9.59 Å². The Morgan fingerprint density at radius 2 is 1.87 bits per heavy atom. The highest BCUT2D eigenvalue weighted by Crippen LogP contribution is 2.43. The number of carbonyl (C=O) groups excluding carboxylic acids is 2. The SMILES string of the molecule is CCC.CN=C/C(=C\N)c1cc[n+](CCC=C(C)C(=O)Nc2cc(C(=O)NCCN3CCC4(CCCCC4)C3)cnc2C)c(C)c1. The van der Waals surface area contributed by atoms with Gasteiger partial charge in [-0.15, -0.1) is 0 Å². The molecule has 2 aromatic rings. The maximum atomic E-state index is 13.0. The van der Waals surface area contributed by atoms with Gasteiger partial charge in [0, 0.05) is 81.9 Å². The van der Waals surface area contributed by atoms with Crippen LogP contribution in [0.1, 0.15) is 99.4 Å². The average Bonchev–Trinajstić information content (AvgIpc) is 3.43. The number of nitrogens with zero attached hydrogens (tertiary/aromatic N) is 4. The van der Waals surface area contributed by atoms with Gasteiger partial charge < -0.3 is 21.3 Å². The lowest BCUT2D eigenvalue weighted by Crippen LogP contribution is -2.36. The Labute approximate surface area is 276 Å². The summed E-state index contributed by atoms with van der Waals surface area (Å²) in [5.41, 5.74) is 11.5. The van der Waals surface area contributed by atoms with E-state index in [2.05, 4.69) is 50.0 Å². The lowest BCUT2D eigenvalue weighted by atomic mass is 9.73. The standard InChI is InChI=1S/C34H47N7O2.C3H8/c1-25(9-8-15-41-16-10-28(19-26(41)2)30(21-35)22-36-4)32(42)39-31-20-29(23-38-27(31)3)33(43)37-14-18-40-17-13-34(24-40)11-6-5-7-12-34;1-3-2/h9-10,16,19-23,35H,5-8,11-15,17-18,24H2,1-4H3,(H2,37,39,42,43);3H2,1-2H3/p+1. The number of allylic oxidation sites excluding steroid dienone is 2. The summed E-state index contributed by atoms with van der Waals surface area (Å²) in [4.78, 5) is 36.8. The fourth-order valence-corrected chi connectivity index (χ4v) is 6.30. The van der Waals surface area contributed by atoms with Crippen LogP contribution in [0.2, 0.25) is 0 Å². The van der Waals surface area contributed by atoms with Crippen molar-refractivity contribution >= 4 is 29.3 Å². The van der Waals surface area contributed by atoms with Gasteiger partial charge in [-0.2, -0.15) is 0 Å². The van der Waals surface area contributed by atoms with Gasteiger partial charge in [0.1, 0.15) is 0 Å². The molecule has 9 heteroatoms. The molecule has 4 N–H and O–H groups in total. The van der Waals surface area contributed by atoms with E-state index < -0.39 is 0 Å². The number of nitrogens with two attached hydrogens (primary N) is 1. The minimum Gasteiger partial charge on any atom is -0.404 e. The first-order chi connectivity index (χ1) is 22.1. The molecule has 3 heterocycles. The molecule has 2 aliphatic rings. The lowest BCUT2D eigenvalue weighted by Gasteiger charge is -2.33. The molecule has 0 atom stereocenters. The third-order valence-corrected chi connectivity index (χ3v) is 8.95. The predicted molar refractivity (Wildman–Crippen MR) is 189 cm³/mol. The van der Waals surface area contributed by atoms with Gasteiger partial charge in [0.2, 0.25) is 0 Å². The van der Waals surface area contributed by atoms with Crippen LogP contribution in [0.3, 0.4) is 0 Å². The van der Waals surface area contributed by atoms with Crippen LogP contribution in [0.5, 0.6) is 0 Å². The zero-order chi connectivity index (χ0) is 33.5. The molecule has 2 amide bonds. The third-order valence-electron chi connectivity index (χ3n) is 8.95. The van der Waals surface area contributed by atoms with Crippen molar-refractivity contribution in [2.24, 2.45) is 16.1 Å². The molecule has 0 aromatic carbocycles. The second kappa shape index (κ2) is 18.3. The summed E-state index contributed by atoms with van der Waals surface area (Å²) in [5.74, 6) is -0.377. The molecule has 4 rings (SSSR count). The topological polar surface area (TPSA) is 117 Å². The fraction of sp³-hybridized carbons (Fsp3) is 0.541. The van der Waals surface area contributed by atoms with E-state index in [0.717, 1.165) is 43.0 Å². The van der Waals surface area contributed by atoms with Crippen LogP contribution < -0.4 is 20.9 Å². The molecule has 1 saturated carbocycles. The Balaban J connectivity index is 0.00000185. The summed E-state index contributed by atoms with van der Waals surface area (Å²) < 4.78 is 2.14. The smallest absolute Gasteiger partial charge is 0.252 e. The molecule has 2 aromatic heterocycles. The summed E-state index contributed by atoms with van der Waals surface area (Å²) in [6.07, 6.45) is 18.8. The van der Waals surface area contributed by atoms with Crippen LogP contribution in [-0.2, 0) is 11.3 Å². The van der Waals surface area contributed by atoms with E-state index in [1.54, 1.807) is 38.6 Å². The summed E-state index contributed by atoms with van der Waals surface area (Å²) in [7, 11) is 1.72. The first-order valence-electron chi connectivity index (χ1n) is 16.9. The van der Waals surface area contributed by atoms with E-state index in [1.165, 1.54) is 44.9 Å². The number of anilines is 1. The van der Waals surface area contributed by atoms with Crippen LogP contribution >= 0.6 is 0 Å². The molecule has 1 saturated heterocycles. The fourth-order valence-electron chi connectivity index (χ4n) is 6.30. The molecule has 1 spiro atoms. The van der Waals surface area contributed by atoms with Crippen LogP contribution in [0.4, 0.5) is 5.69 Å². The zero-order valence-corrected chi connectivity index (χ0v) is 29.0. The quantitative estimate of drug-likeness (QED) is 0.166. The number of aromatic nitrogens is 2. The van der Waals surface area contributed by atoms with Gasteiger partial charge in [0.25, 0.3) is 11.8 Å². The largest absolute Gasteiger partial charge is 0.404 e. The average molecular weight is 631 g/mol. The van der Waals surface area contributed by atoms with Gasteiger partial charge >= 0.3 is 0 Å². The molecule has 0 unspecified atom stereocenters. The molecular formula is C37H56N7O2+. The van der Waals surface area contributed by atoms with Crippen molar-refractivity contribution in [1.82, 2.24) is 15.2 Å². The number of nitrogens with one attached hydrogen (secondary N) is 2. The van der Waals surface area contributed by atoms with Crippen LogP contribution in [-0.4, -0.2) is 61.1 Å². The number of aliphatic imine (C=N–C) groups is 1. The summed E-state index contributed by atoms with van der Waals surface area (Å²) in [5, 5.41) is 5.99. The lowest BCUT2D eigenvalue weighted by molar-refractivity contribution is -0.702. The Morgan fingerprint density at radius 3 is 2.54 bits per heavy atom. The summed E-state index contributed by atoms with van der Waals surface area (Å²) in [6, 6.07) is 5.79. The van der Waals surface area contributed by atoms with E-state index in [0.29, 0.717) is 40.9 Å². The number of hydrogen-bond acceptors (Lipinski definition) is 6. The highest BCUT2D eigenvalue weighted by Gasteiger charge is 2.38. The molecule has 0 bridgehead atoms. The molecule has 2 fully saturated rings. The van der Waals surface area contributed by atoms with Crippen molar-refractivity contribution in [1.29, 1.82) is 0 Å². The number of rotatable bonds is 11. The van der Waals surface area contributed by atoms with Crippen LogP contribution in [0.25, 0.3) is 5.57 Å². The minimum absolute atomic E-state index is 0.170. The Morgan fingerprint density at radius 1 is 1.13 bits per heavy atom. The normalized spacial score (nSPS) is 16.7. The number of pyridine rings is 2. The summed E-state index contributed by atoms with van der Waals surface area (Å²) >= 11 is 0. The molecule has 9 nitrogen and oxygen atoms in total. The van der Waals surface area contributed by atoms with Crippen molar-refractivity contribution in [3.63, 3.8) is 0 Å². The monoisotopic (exact) mass is 630 g/mol. The van der Waals surface area contributed by atoms with Crippen molar-refractivity contribution in [2.75, 3.05) is 38.5 Å². The van der Waals surface area contributed by atoms with Gasteiger partial charge in [-0.3, -0.25) is 19.6 Å². The molecule has 1 aliphatic carbocycles. The minimum atomic E-state index is -0.207. The summed E-state index contributed by atoms with van der Waals surface area (Å²) in [6.45, 7) is 14.4. The predicted octanol–water partition coefficient (Wildman–Crippen LogP) is 5.76. The highest BCUT2D eigenvalue weighted by atomic mass is 16.2. The van der Waals surface area contributed by atoms with Gasteiger partial charge in [-0.1, -0.05) is 45.6 Å². The Kier molecular flexibility index (Phi) is 14.6. The van der Waals surface area contributed by atoms with Crippen molar-refractivity contribution in [2.45, 2.75) is 92.5 Å². The molecule has 46 heavy (non-hydrogen) atoms. The molecular weight excluding hydrogens is 574 g/mol. The third kappa shape index (κ3) is 10.6. The number of carbonyl (C=O) groups is 2. The van der Waals surface area contributed by atoms with E-state index in [4.69, 9.17) is 5.73 Å². The molecule has 1 aliphatic heterocycles. The Hall–Kier alpha value is -3.85. The van der Waals surface area contributed by atoms with Crippen molar-refractivity contribution < 1.29 is 14.2 Å². The van der Waals surface area contributed by atoms with Gasteiger partial charge in [0.05, 0.1) is 16.9 Å². The maximum Gasteiger partial charge on any atom is 0.252 e. The maximum absolute atomic E-state index is 13.0. The van der Waals surface area contributed by atoms with Crippen molar-refractivity contribution in [3.8, 4) is 0 Å². The second-order valence-electron chi connectivity index (χ2n) is 12.8. The van der Waals surface area contributed by atoms with Gasteiger partial charge in [0.15, 0.2) is 18.4 Å². The Bertz CT molecular complexity index is 1410.